The Morgan fingerprint density at radius 3 is 2.67 bits per heavy atom. The number of rotatable bonds is 4. The van der Waals surface area contributed by atoms with Crippen molar-refractivity contribution in [3.05, 3.63) is 34.3 Å². The van der Waals surface area contributed by atoms with Crippen LogP contribution in [0.5, 0.6) is 0 Å². The van der Waals surface area contributed by atoms with Gasteiger partial charge in [0.05, 0.1) is 0 Å². The maximum absolute atomic E-state index is 6.24. The molecule has 1 aliphatic carbocycles. The summed E-state index contributed by atoms with van der Waals surface area (Å²) in [5.41, 5.74) is 3.03. The molecule has 1 fully saturated rings. The largest absolute Gasteiger partial charge is 0.319 e. The van der Waals surface area contributed by atoms with Gasteiger partial charge in [-0.15, -0.1) is 0 Å². The second-order valence-corrected chi connectivity index (χ2v) is 5.21. The molecule has 1 aromatic rings. The van der Waals surface area contributed by atoms with E-state index in [1.807, 2.05) is 7.05 Å². The van der Waals surface area contributed by atoms with Crippen molar-refractivity contribution in [1.29, 1.82) is 0 Å². The Balaban J connectivity index is 2.11. The summed E-state index contributed by atoms with van der Waals surface area (Å²) in [4.78, 5) is 0. The van der Waals surface area contributed by atoms with Crippen molar-refractivity contribution in [1.82, 2.24) is 5.32 Å². The van der Waals surface area contributed by atoms with Crippen LogP contribution in [0.3, 0.4) is 0 Å². The fourth-order valence-corrected chi connectivity index (χ4v) is 2.47. The van der Waals surface area contributed by atoms with Crippen LogP contribution in [-0.4, -0.2) is 13.6 Å². The third-order valence-electron chi connectivity index (χ3n) is 3.28. The highest BCUT2D eigenvalue weighted by molar-refractivity contribution is 6.31. The van der Waals surface area contributed by atoms with Gasteiger partial charge in [0.15, 0.2) is 0 Å². The zero-order valence-electron chi connectivity index (χ0n) is 9.44. The highest BCUT2D eigenvalue weighted by atomic mass is 35.5. The van der Waals surface area contributed by atoms with E-state index in [1.54, 1.807) is 0 Å². The average molecular weight is 224 g/mol. The van der Waals surface area contributed by atoms with Gasteiger partial charge in [-0.25, -0.2) is 0 Å². The minimum absolute atomic E-state index is 0.494. The predicted molar refractivity (Wildman–Crippen MR) is 65.5 cm³/mol. The number of hydrogen-bond acceptors (Lipinski definition) is 1. The molecule has 82 valence electrons. The molecule has 0 unspecified atom stereocenters. The van der Waals surface area contributed by atoms with Crippen molar-refractivity contribution in [2.45, 2.75) is 26.2 Å². The molecule has 0 saturated heterocycles. The second kappa shape index (κ2) is 4.15. The van der Waals surface area contributed by atoms with E-state index < -0.39 is 0 Å². The zero-order valence-corrected chi connectivity index (χ0v) is 10.2. The molecular formula is C13H18ClN. The van der Waals surface area contributed by atoms with Gasteiger partial charge in [0.2, 0.25) is 0 Å². The first-order valence-electron chi connectivity index (χ1n) is 5.55. The van der Waals surface area contributed by atoms with E-state index in [0.717, 1.165) is 18.0 Å². The predicted octanol–water partition coefficient (Wildman–Crippen LogP) is 3.19. The first-order valence-corrected chi connectivity index (χ1v) is 5.93. The third-order valence-corrected chi connectivity index (χ3v) is 3.63. The van der Waals surface area contributed by atoms with Crippen LogP contribution in [0.25, 0.3) is 0 Å². The summed E-state index contributed by atoms with van der Waals surface area (Å²) in [7, 11) is 2.02. The lowest BCUT2D eigenvalue weighted by Gasteiger charge is -2.15. The molecule has 0 amide bonds. The summed E-state index contributed by atoms with van der Waals surface area (Å²) in [6.45, 7) is 3.19. The molecule has 0 spiro atoms. The minimum atomic E-state index is 0.494. The highest BCUT2D eigenvalue weighted by Crippen LogP contribution is 2.48. The van der Waals surface area contributed by atoms with Crippen LogP contribution in [0.4, 0.5) is 0 Å². The molecular weight excluding hydrogens is 206 g/mol. The number of aryl methyl sites for hydroxylation is 1. The average Bonchev–Trinajstić information content (AvgIpc) is 2.91. The Morgan fingerprint density at radius 1 is 1.40 bits per heavy atom. The van der Waals surface area contributed by atoms with Crippen molar-refractivity contribution in [3.63, 3.8) is 0 Å². The third kappa shape index (κ3) is 2.53. The molecule has 1 aliphatic rings. The van der Waals surface area contributed by atoms with Crippen molar-refractivity contribution in [2.75, 3.05) is 13.6 Å². The van der Waals surface area contributed by atoms with Crippen LogP contribution in [-0.2, 0) is 6.42 Å². The summed E-state index contributed by atoms with van der Waals surface area (Å²) < 4.78 is 0. The van der Waals surface area contributed by atoms with Crippen molar-refractivity contribution < 1.29 is 0 Å². The number of hydrogen-bond donors (Lipinski definition) is 1. The molecule has 15 heavy (non-hydrogen) atoms. The van der Waals surface area contributed by atoms with Crippen molar-refractivity contribution in [3.8, 4) is 0 Å². The number of halogens is 1. The van der Waals surface area contributed by atoms with Gasteiger partial charge in [-0.05, 0) is 55.8 Å². The van der Waals surface area contributed by atoms with Gasteiger partial charge < -0.3 is 5.32 Å². The highest BCUT2D eigenvalue weighted by Gasteiger charge is 2.41. The molecule has 1 saturated carbocycles. The maximum Gasteiger partial charge on any atom is 0.0440 e. The number of nitrogens with one attached hydrogen (secondary N) is 1. The lowest BCUT2D eigenvalue weighted by atomic mass is 9.96. The van der Waals surface area contributed by atoms with Gasteiger partial charge in [-0.1, -0.05) is 23.7 Å². The molecule has 0 aromatic heterocycles. The van der Waals surface area contributed by atoms with Crippen LogP contribution in [0.2, 0.25) is 5.02 Å². The van der Waals surface area contributed by atoms with Gasteiger partial charge in [0.25, 0.3) is 0 Å². The lowest BCUT2D eigenvalue weighted by molar-refractivity contribution is 0.478. The van der Waals surface area contributed by atoms with Gasteiger partial charge in [0.1, 0.15) is 0 Å². The summed E-state index contributed by atoms with van der Waals surface area (Å²) in [6.07, 6.45) is 3.78. The first kappa shape index (κ1) is 11.0. The van der Waals surface area contributed by atoms with E-state index in [9.17, 15) is 0 Å². The van der Waals surface area contributed by atoms with E-state index in [-0.39, 0.29) is 0 Å². The van der Waals surface area contributed by atoms with Gasteiger partial charge >= 0.3 is 0 Å². The Kier molecular flexibility index (Phi) is 3.03. The first-order chi connectivity index (χ1) is 7.15. The lowest BCUT2D eigenvalue weighted by Crippen LogP contribution is -2.22. The summed E-state index contributed by atoms with van der Waals surface area (Å²) >= 11 is 6.24. The van der Waals surface area contributed by atoms with E-state index in [2.05, 4.69) is 30.4 Å². The van der Waals surface area contributed by atoms with Crippen LogP contribution in [0.15, 0.2) is 18.2 Å². The Morgan fingerprint density at radius 2 is 2.13 bits per heavy atom. The fourth-order valence-electron chi connectivity index (χ4n) is 2.17. The van der Waals surface area contributed by atoms with Gasteiger partial charge in [-0.3, -0.25) is 0 Å². The SMILES string of the molecule is CNCC1(Cc2ccc(C)cc2Cl)CC1. The van der Waals surface area contributed by atoms with E-state index >= 15 is 0 Å². The minimum Gasteiger partial charge on any atom is -0.319 e. The summed E-state index contributed by atoms with van der Waals surface area (Å²) in [5.74, 6) is 0. The summed E-state index contributed by atoms with van der Waals surface area (Å²) in [6, 6.07) is 6.39. The molecule has 2 rings (SSSR count). The zero-order chi connectivity index (χ0) is 10.9. The van der Waals surface area contributed by atoms with Gasteiger partial charge in [0, 0.05) is 11.6 Å². The molecule has 2 heteroatoms. The maximum atomic E-state index is 6.24. The molecule has 0 bridgehead atoms. The number of benzene rings is 1. The topological polar surface area (TPSA) is 12.0 Å². The molecule has 0 aliphatic heterocycles. The van der Waals surface area contributed by atoms with E-state index in [0.29, 0.717) is 5.41 Å². The van der Waals surface area contributed by atoms with Crippen molar-refractivity contribution in [2.24, 2.45) is 5.41 Å². The fraction of sp³-hybridized carbons (Fsp3) is 0.538. The van der Waals surface area contributed by atoms with Crippen LogP contribution in [0.1, 0.15) is 24.0 Å². The summed E-state index contributed by atoms with van der Waals surface area (Å²) in [5, 5.41) is 4.21. The molecule has 1 nitrogen and oxygen atoms in total. The Bertz CT molecular complexity index is 356. The van der Waals surface area contributed by atoms with E-state index in [4.69, 9.17) is 11.6 Å². The monoisotopic (exact) mass is 223 g/mol. The molecule has 0 radical (unpaired) electrons. The smallest absolute Gasteiger partial charge is 0.0440 e. The van der Waals surface area contributed by atoms with Crippen LogP contribution >= 0.6 is 11.6 Å². The van der Waals surface area contributed by atoms with E-state index in [1.165, 1.54) is 24.0 Å². The van der Waals surface area contributed by atoms with Crippen LogP contribution in [0, 0.1) is 12.3 Å². The Labute approximate surface area is 96.8 Å². The molecule has 0 atom stereocenters. The quantitative estimate of drug-likeness (QED) is 0.827. The second-order valence-electron chi connectivity index (χ2n) is 4.80. The van der Waals surface area contributed by atoms with Crippen LogP contribution < -0.4 is 5.32 Å². The van der Waals surface area contributed by atoms with Gasteiger partial charge in [-0.2, -0.15) is 0 Å². The normalized spacial score (nSPS) is 17.8. The molecule has 1 aromatic carbocycles. The Hall–Kier alpha value is -0.530. The molecule has 0 heterocycles. The van der Waals surface area contributed by atoms with Crippen molar-refractivity contribution >= 4 is 11.6 Å². The molecule has 1 N–H and O–H groups in total. The standard InChI is InChI=1S/C13H18ClN/c1-10-3-4-11(12(14)7-10)8-13(5-6-13)9-15-2/h3-4,7,15H,5-6,8-9H2,1-2H3.